The van der Waals surface area contributed by atoms with Crippen molar-refractivity contribution >= 4 is 0 Å². The molecule has 0 atom stereocenters. The van der Waals surface area contributed by atoms with E-state index in [0.717, 1.165) is 0 Å². The van der Waals surface area contributed by atoms with Crippen molar-refractivity contribution < 1.29 is 9.47 Å². The second kappa shape index (κ2) is 4.58. The van der Waals surface area contributed by atoms with Crippen LogP contribution >= 0.6 is 0 Å². The van der Waals surface area contributed by atoms with Crippen molar-refractivity contribution in [1.82, 2.24) is 9.78 Å². The zero-order chi connectivity index (χ0) is 12.3. The van der Waals surface area contributed by atoms with Gasteiger partial charge in [-0.3, -0.25) is 4.68 Å². The minimum Gasteiger partial charge on any atom is -0.493 e. The number of nitrogens with zero attached hydrogens (tertiary/aromatic N) is 3. The Hall–Kier alpha value is -2.48. The Morgan fingerprint density at radius 3 is 2.76 bits per heavy atom. The summed E-state index contributed by atoms with van der Waals surface area (Å²) in [5, 5.41) is 12.8. The number of aromatic nitrogens is 2. The molecule has 0 aliphatic carbocycles. The zero-order valence-electron chi connectivity index (χ0n) is 9.54. The fourth-order valence-electron chi connectivity index (χ4n) is 1.40. The van der Waals surface area contributed by atoms with Gasteiger partial charge in [-0.2, -0.15) is 10.4 Å². The lowest BCUT2D eigenvalue weighted by Gasteiger charge is -2.08. The van der Waals surface area contributed by atoms with Crippen molar-refractivity contribution in [2.45, 2.75) is 0 Å². The number of benzene rings is 1. The number of rotatable bonds is 3. The summed E-state index contributed by atoms with van der Waals surface area (Å²) in [5.41, 5.74) is 0.528. The molecule has 86 valence electrons. The first-order chi connectivity index (χ1) is 8.22. The first-order valence-electron chi connectivity index (χ1n) is 4.97. The molecule has 0 bridgehead atoms. The van der Waals surface area contributed by atoms with Crippen LogP contribution in [0.25, 0.3) is 0 Å². The van der Waals surface area contributed by atoms with Gasteiger partial charge in [0.15, 0.2) is 17.2 Å². The average Bonchev–Trinajstić information content (AvgIpc) is 2.75. The maximum Gasteiger partial charge on any atom is 0.169 e. The number of methoxy groups -OCH3 is 1. The molecular formula is C12H11N3O2. The van der Waals surface area contributed by atoms with Crippen molar-refractivity contribution in [1.29, 1.82) is 5.26 Å². The summed E-state index contributed by atoms with van der Waals surface area (Å²) in [6.45, 7) is 0. The molecule has 1 aromatic heterocycles. The van der Waals surface area contributed by atoms with E-state index in [-0.39, 0.29) is 0 Å². The largest absolute Gasteiger partial charge is 0.493 e. The third-order valence-electron chi connectivity index (χ3n) is 2.20. The normalized spacial score (nSPS) is 9.71. The van der Waals surface area contributed by atoms with Crippen LogP contribution in [0.1, 0.15) is 5.56 Å². The quantitative estimate of drug-likeness (QED) is 0.808. The first kappa shape index (κ1) is 11.0. The van der Waals surface area contributed by atoms with Gasteiger partial charge < -0.3 is 9.47 Å². The number of ether oxygens (including phenoxy) is 2. The molecule has 0 aliphatic rings. The number of hydrogen-bond acceptors (Lipinski definition) is 4. The van der Waals surface area contributed by atoms with E-state index < -0.39 is 0 Å². The van der Waals surface area contributed by atoms with E-state index in [1.807, 2.05) is 13.1 Å². The van der Waals surface area contributed by atoms with Crippen LogP contribution in [0.3, 0.4) is 0 Å². The highest BCUT2D eigenvalue weighted by molar-refractivity contribution is 5.48. The first-order valence-corrected chi connectivity index (χ1v) is 4.97. The number of aryl methyl sites for hydroxylation is 1. The predicted molar refractivity (Wildman–Crippen MR) is 61.0 cm³/mol. The lowest BCUT2D eigenvalue weighted by atomic mass is 10.2. The average molecular weight is 229 g/mol. The van der Waals surface area contributed by atoms with Gasteiger partial charge in [0.25, 0.3) is 0 Å². The van der Waals surface area contributed by atoms with Gasteiger partial charge in [-0.15, -0.1) is 0 Å². The monoisotopic (exact) mass is 229 g/mol. The molecular weight excluding hydrogens is 218 g/mol. The van der Waals surface area contributed by atoms with Gasteiger partial charge in [-0.05, 0) is 12.1 Å². The summed E-state index contributed by atoms with van der Waals surface area (Å²) >= 11 is 0. The third-order valence-corrected chi connectivity index (χ3v) is 2.20. The van der Waals surface area contributed by atoms with Crippen molar-refractivity contribution in [2.75, 3.05) is 7.11 Å². The molecule has 5 heteroatoms. The summed E-state index contributed by atoms with van der Waals surface area (Å²) in [6, 6.07) is 7.05. The molecule has 0 spiro atoms. The fourth-order valence-corrected chi connectivity index (χ4v) is 1.40. The smallest absolute Gasteiger partial charge is 0.169 e. The highest BCUT2D eigenvalue weighted by Gasteiger charge is 2.07. The maximum absolute atomic E-state index is 8.78. The molecule has 2 aromatic rings. The van der Waals surface area contributed by atoms with Gasteiger partial charge in [-0.1, -0.05) is 0 Å². The van der Waals surface area contributed by atoms with E-state index in [2.05, 4.69) is 5.10 Å². The molecule has 0 unspecified atom stereocenters. The van der Waals surface area contributed by atoms with Crippen LogP contribution in [0.15, 0.2) is 30.6 Å². The molecule has 5 nitrogen and oxygen atoms in total. The zero-order valence-corrected chi connectivity index (χ0v) is 9.54. The van der Waals surface area contributed by atoms with Gasteiger partial charge in [-0.25, -0.2) is 0 Å². The van der Waals surface area contributed by atoms with Crippen molar-refractivity contribution in [3.05, 3.63) is 36.2 Å². The van der Waals surface area contributed by atoms with E-state index >= 15 is 0 Å². The summed E-state index contributed by atoms with van der Waals surface area (Å²) < 4.78 is 12.4. The highest BCUT2D eigenvalue weighted by atomic mass is 16.5. The Labute approximate surface area is 98.8 Å². The number of hydrogen-bond donors (Lipinski definition) is 0. The Morgan fingerprint density at radius 2 is 2.18 bits per heavy atom. The molecule has 0 radical (unpaired) electrons. The second-order valence-electron chi connectivity index (χ2n) is 3.43. The lowest BCUT2D eigenvalue weighted by Crippen LogP contribution is -1.90. The topological polar surface area (TPSA) is 60.1 Å². The van der Waals surface area contributed by atoms with Crippen LogP contribution in [-0.2, 0) is 7.05 Å². The van der Waals surface area contributed by atoms with Crippen LogP contribution in [0.5, 0.6) is 17.2 Å². The minimum absolute atomic E-state index is 0.521. The molecule has 2 rings (SSSR count). The van der Waals surface area contributed by atoms with Crippen LogP contribution in [0, 0.1) is 11.3 Å². The summed E-state index contributed by atoms with van der Waals surface area (Å²) in [4.78, 5) is 0. The fraction of sp³-hybridized carbons (Fsp3) is 0.167. The Balaban J connectivity index is 2.30. The van der Waals surface area contributed by atoms with E-state index in [1.54, 1.807) is 35.3 Å². The van der Waals surface area contributed by atoms with Gasteiger partial charge in [0.2, 0.25) is 0 Å². The summed E-state index contributed by atoms with van der Waals surface area (Å²) in [6.07, 6.45) is 3.36. The molecule has 0 fully saturated rings. The Morgan fingerprint density at radius 1 is 1.35 bits per heavy atom. The van der Waals surface area contributed by atoms with Gasteiger partial charge in [0.1, 0.15) is 0 Å². The molecule has 0 aliphatic heterocycles. The van der Waals surface area contributed by atoms with Gasteiger partial charge >= 0.3 is 0 Å². The Bertz CT molecular complexity index is 569. The summed E-state index contributed by atoms with van der Waals surface area (Å²) in [7, 11) is 3.34. The van der Waals surface area contributed by atoms with E-state index in [0.29, 0.717) is 22.8 Å². The van der Waals surface area contributed by atoms with E-state index in [4.69, 9.17) is 14.7 Å². The van der Waals surface area contributed by atoms with Crippen molar-refractivity contribution in [3.63, 3.8) is 0 Å². The number of nitriles is 1. The van der Waals surface area contributed by atoms with Crippen molar-refractivity contribution in [2.24, 2.45) is 7.05 Å². The van der Waals surface area contributed by atoms with E-state index in [1.165, 1.54) is 7.11 Å². The Kier molecular flexibility index (Phi) is 2.97. The van der Waals surface area contributed by atoms with Gasteiger partial charge in [0, 0.05) is 13.1 Å². The van der Waals surface area contributed by atoms with Crippen LogP contribution in [-0.4, -0.2) is 16.9 Å². The predicted octanol–water partition coefficient (Wildman–Crippen LogP) is 2.09. The van der Waals surface area contributed by atoms with Crippen LogP contribution in [0.2, 0.25) is 0 Å². The highest BCUT2D eigenvalue weighted by Crippen LogP contribution is 2.31. The maximum atomic E-state index is 8.78. The van der Waals surface area contributed by atoms with Gasteiger partial charge in [0.05, 0.1) is 31.1 Å². The van der Waals surface area contributed by atoms with Crippen LogP contribution < -0.4 is 9.47 Å². The van der Waals surface area contributed by atoms with E-state index in [9.17, 15) is 0 Å². The molecule has 17 heavy (non-hydrogen) atoms. The van der Waals surface area contributed by atoms with Crippen molar-refractivity contribution in [3.8, 4) is 23.3 Å². The summed E-state index contributed by atoms with van der Waals surface area (Å²) in [5.74, 6) is 1.70. The molecule has 0 saturated heterocycles. The minimum atomic E-state index is 0.521. The van der Waals surface area contributed by atoms with Crippen LogP contribution in [0.4, 0.5) is 0 Å². The molecule has 0 N–H and O–H groups in total. The molecule has 1 heterocycles. The molecule has 0 saturated carbocycles. The molecule has 0 amide bonds. The second-order valence-corrected chi connectivity index (χ2v) is 3.43. The third kappa shape index (κ3) is 2.37. The SMILES string of the molecule is COc1cc(C#N)ccc1Oc1cnn(C)c1. The standard InChI is InChI=1S/C12H11N3O2/c1-15-8-10(7-14-15)17-11-4-3-9(6-13)5-12(11)16-2/h3-5,7-8H,1-2H3. The lowest BCUT2D eigenvalue weighted by molar-refractivity contribution is 0.378. The molecule has 1 aromatic carbocycles.